The molecule has 0 saturated carbocycles. The van der Waals surface area contributed by atoms with Crippen molar-refractivity contribution < 1.29 is 17.9 Å². The van der Waals surface area contributed by atoms with Gasteiger partial charge in [0.15, 0.2) is 0 Å². The van der Waals surface area contributed by atoms with Gasteiger partial charge in [-0.3, -0.25) is 9.69 Å². The lowest BCUT2D eigenvalue weighted by atomic mass is 10.1. The van der Waals surface area contributed by atoms with Crippen LogP contribution in [-0.2, 0) is 19.6 Å². The molecule has 0 radical (unpaired) electrons. The van der Waals surface area contributed by atoms with E-state index in [0.29, 0.717) is 58.9 Å². The molecular weight excluding hydrogens is 589 g/mol. The fraction of sp³-hybridized carbons (Fsp3) is 0.387. The second-order valence-corrected chi connectivity index (χ2v) is 14.0. The Hall–Kier alpha value is -2.83. The number of morpholine rings is 1. The van der Waals surface area contributed by atoms with Crippen molar-refractivity contribution in [3.8, 4) is 16.9 Å². The molecule has 0 spiro atoms. The molecule has 1 amide bonds. The van der Waals surface area contributed by atoms with Crippen LogP contribution < -0.4 is 0 Å². The van der Waals surface area contributed by atoms with Gasteiger partial charge in [0.05, 0.1) is 28.7 Å². The van der Waals surface area contributed by atoms with Crippen molar-refractivity contribution in [3.05, 3.63) is 71.3 Å². The van der Waals surface area contributed by atoms with Gasteiger partial charge in [-0.1, -0.05) is 93.3 Å². The number of hydrogen-bond acceptors (Lipinski definition) is 7. The summed E-state index contributed by atoms with van der Waals surface area (Å²) < 4.78 is 35.9. The summed E-state index contributed by atoms with van der Waals surface area (Å²) in [4.78, 5) is 15.8. The van der Waals surface area contributed by atoms with Crippen LogP contribution in [0.25, 0.3) is 23.0 Å². The van der Waals surface area contributed by atoms with Gasteiger partial charge in [-0.25, -0.2) is 13.1 Å². The fourth-order valence-corrected chi connectivity index (χ4v) is 7.81. The molecule has 3 aromatic rings. The summed E-state index contributed by atoms with van der Waals surface area (Å²) in [5, 5.41) is 4.85. The number of unbranched alkanes of at least 4 members (excludes halogenated alkanes) is 5. The van der Waals surface area contributed by atoms with Gasteiger partial charge >= 0.3 is 0 Å². The number of sulfonamides is 1. The summed E-state index contributed by atoms with van der Waals surface area (Å²) in [5.41, 5.74) is 2.79. The minimum atomic E-state index is -3.69. The van der Waals surface area contributed by atoms with E-state index in [-0.39, 0.29) is 10.8 Å². The molecule has 42 heavy (non-hydrogen) atoms. The van der Waals surface area contributed by atoms with Gasteiger partial charge in [0.25, 0.3) is 5.91 Å². The van der Waals surface area contributed by atoms with E-state index >= 15 is 0 Å². The molecule has 2 aliphatic rings. The van der Waals surface area contributed by atoms with E-state index in [4.69, 9.17) is 22.1 Å². The first-order valence-electron chi connectivity index (χ1n) is 14.5. The molecule has 0 N–H and O–H groups in total. The van der Waals surface area contributed by atoms with E-state index in [1.54, 1.807) is 27.8 Å². The lowest BCUT2D eigenvalue weighted by molar-refractivity contribution is -0.122. The third kappa shape index (κ3) is 7.03. The fourth-order valence-electron chi connectivity index (χ4n) is 5.05. The number of amides is 1. The molecule has 0 bridgehead atoms. The summed E-state index contributed by atoms with van der Waals surface area (Å²) in [6, 6.07) is 16.5. The molecule has 222 valence electrons. The van der Waals surface area contributed by atoms with E-state index in [2.05, 4.69) is 6.92 Å². The number of carbonyl (C=O) groups is 1. The number of rotatable bonds is 12. The van der Waals surface area contributed by atoms with Crippen molar-refractivity contribution in [1.29, 1.82) is 0 Å². The normalized spacial score (nSPS) is 17.5. The molecule has 2 aromatic carbocycles. The summed E-state index contributed by atoms with van der Waals surface area (Å²) >= 11 is 6.89. The van der Waals surface area contributed by atoms with E-state index in [9.17, 15) is 13.2 Å². The van der Waals surface area contributed by atoms with Crippen molar-refractivity contribution in [2.24, 2.45) is 0 Å². The number of thioether (sulfide) groups is 1. The summed E-state index contributed by atoms with van der Waals surface area (Å²) in [6.45, 7) is 4.21. The zero-order valence-corrected chi connectivity index (χ0v) is 26.2. The molecule has 2 saturated heterocycles. The first-order chi connectivity index (χ1) is 20.4. The molecule has 11 heteroatoms. The zero-order valence-electron chi connectivity index (χ0n) is 23.8. The first-order valence-corrected chi connectivity index (χ1v) is 17.1. The van der Waals surface area contributed by atoms with Gasteiger partial charge in [-0.05, 0) is 36.8 Å². The number of nitrogens with zero attached hydrogens (tertiary/aromatic N) is 4. The first kappa shape index (κ1) is 30.6. The van der Waals surface area contributed by atoms with Gasteiger partial charge in [-0.2, -0.15) is 9.40 Å². The maximum Gasteiger partial charge on any atom is 0.266 e. The molecular formula is C31H36N4O4S3. The molecule has 2 fully saturated rings. The van der Waals surface area contributed by atoms with Gasteiger partial charge in [0, 0.05) is 37.0 Å². The Balaban J connectivity index is 1.45. The van der Waals surface area contributed by atoms with Crippen LogP contribution in [0.4, 0.5) is 0 Å². The van der Waals surface area contributed by atoms with Crippen LogP contribution in [0.1, 0.15) is 51.0 Å². The van der Waals surface area contributed by atoms with Crippen LogP contribution in [0.5, 0.6) is 0 Å². The zero-order chi connectivity index (χ0) is 29.5. The van der Waals surface area contributed by atoms with Crippen molar-refractivity contribution >= 4 is 50.3 Å². The molecule has 1 aromatic heterocycles. The van der Waals surface area contributed by atoms with Crippen molar-refractivity contribution in [3.63, 3.8) is 0 Å². The molecule has 0 unspecified atom stereocenters. The Morgan fingerprint density at radius 3 is 2.50 bits per heavy atom. The molecule has 0 atom stereocenters. The minimum Gasteiger partial charge on any atom is -0.379 e. The number of benzene rings is 2. The molecule has 3 heterocycles. The second-order valence-electron chi connectivity index (χ2n) is 10.4. The van der Waals surface area contributed by atoms with Gasteiger partial charge in [0.1, 0.15) is 10.0 Å². The van der Waals surface area contributed by atoms with Crippen molar-refractivity contribution in [2.45, 2.75) is 50.3 Å². The minimum absolute atomic E-state index is 0.0967. The molecule has 5 rings (SSSR count). The Morgan fingerprint density at radius 2 is 1.74 bits per heavy atom. The highest BCUT2D eigenvalue weighted by atomic mass is 32.2. The molecule has 8 nitrogen and oxygen atoms in total. The van der Waals surface area contributed by atoms with Crippen LogP contribution in [0, 0.1) is 0 Å². The van der Waals surface area contributed by atoms with Gasteiger partial charge in [0.2, 0.25) is 10.0 Å². The Kier molecular flexibility index (Phi) is 10.3. The van der Waals surface area contributed by atoms with Crippen molar-refractivity contribution in [2.75, 3.05) is 32.8 Å². The SMILES string of the molecule is CCCCCCCCN1C(=O)C(=Cc2cn(-c3ccccc3)nc2-c2cccc(S(=O)(=O)N3CCOCC3)c2)SC1=S. The van der Waals surface area contributed by atoms with Gasteiger partial charge < -0.3 is 4.74 Å². The average molecular weight is 625 g/mol. The predicted molar refractivity (Wildman–Crippen MR) is 172 cm³/mol. The van der Waals surface area contributed by atoms with Crippen LogP contribution in [-0.4, -0.2) is 70.5 Å². The average Bonchev–Trinajstić information content (AvgIpc) is 3.56. The highest BCUT2D eigenvalue weighted by Crippen LogP contribution is 2.35. The van der Waals surface area contributed by atoms with Crippen LogP contribution in [0.15, 0.2) is 70.6 Å². The third-order valence-electron chi connectivity index (χ3n) is 7.37. The van der Waals surface area contributed by atoms with Gasteiger partial charge in [-0.15, -0.1) is 0 Å². The molecule has 0 aliphatic carbocycles. The van der Waals surface area contributed by atoms with Crippen LogP contribution in [0.2, 0.25) is 0 Å². The monoisotopic (exact) mass is 624 g/mol. The lowest BCUT2D eigenvalue weighted by Gasteiger charge is -2.26. The largest absolute Gasteiger partial charge is 0.379 e. The predicted octanol–water partition coefficient (Wildman–Crippen LogP) is 6.12. The number of ether oxygens (including phenoxy) is 1. The summed E-state index contributed by atoms with van der Waals surface area (Å²) in [6.07, 6.45) is 10.5. The van der Waals surface area contributed by atoms with Crippen molar-refractivity contribution in [1.82, 2.24) is 19.0 Å². The van der Waals surface area contributed by atoms with E-state index in [1.807, 2.05) is 48.7 Å². The second kappa shape index (κ2) is 14.1. The number of aromatic nitrogens is 2. The highest BCUT2D eigenvalue weighted by Gasteiger charge is 2.32. The van der Waals surface area contributed by atoms with Crippen LogP contribution in [0.3, 0.4) is 0 Å². The Morgan fingerprint density at radius 1 is 1.00 bits per heavy atom. The summed E-state index contributed by atoms with van der Waals surface area (Å²) in [7, 11) is -3.69. The smallest absolute Gasteiger partial charge is 0.266 e. The maximum absolute atomic E-state index is 13.4. The highest BCUT2D eigenvalue weighted by molar-refractivity contribution is 8.26. The quantitative estimate of drug-likeness (QED) is 0.136. The van der Waals surface area contributed by atoms with Crippen LogP contribution >= 0.6 is 24.0 Å². The standard InChI is InChI=1S/C31H36N4O4S3/c1-2-3-4-5-6-10-16-34-30(36)28(41-31(34)40)22-25-23-35(26-13-8-7-9-14-26)32-29(25)24-12-11-15-27(21-24)42(37,38)33-17-19-39-20-18-33/h7-9,11-15,21-23H,2-6,10,16-20H2,1H3. The topological polar surface area (TPSA) is 84.7 Å². The Bertz CT molecular complexity index is 1550. The number of para-hydroxylation sites is 1. The third-order valence-corrected chi connectivity index (χ3v) is 10.6. The lowest BCUT2D eigenvalue weighted by Crippen LogP contribution is -2.40. The van der Waals surface area contributed by atoms with E-state index in [0.717, 1.165) is 18.5 Å². The van der Waals surface area contributed by atoms with E-state index < -0.39 is 10.0 Å². The molecule has 2 aliphatic heterocycles. The number of hydrogen-bond donors (Lipinski definition) is 0. The number of thiocarbonyl (C=S) groups is 1. The number of carbonyl (C=O) groups excluding carboxylic acids is 1. The Labute approximate surface area is 257 Å². The summed E-state index contributed by atoms with van der Waals surface area (Å²) in [5.74, 6) is -0.0967. The maximum atomic E-state index is 13.4. The van der Waals surface area contributed by atoms with E-state index in [1.165, 1.54) is 41.8 Å².